The number of urea groups is 1. The summed E-state index contributed by atoms with van der Waals surface area (Å²) in [6, 6.07) is -2.42. The van der Waals surface area contributed by atoms with E-state index in [0.29, 0.717) is 6.42 Å². The lowest BCUT2D eigenvalue weighted by Gasteiger charge is -2.39. The molecule has 0 aliphatic carbocycles. The number of nitrogens with one attached hydrogen (secondary N) is 2. The molecule has 4 rings (SSSR count). The molecule has 0 radical (unpaired) electrons. The lowest BCUT2D eigenvalue weighted by molar-refractivity contribution is -0.233. The van der Waals surface area contributed by atoms with Crippen molar-refractivity contribution in [3.05, 3.63) is 33.1 Å². The Morgan fingerprint density at radius 2 is 1.59 bits per heavy atom. The van der Waals surface area contributed by atoms with Crippen molar-refractivity contribution in [3.63, 3.8) is 0 Å². The minimum Gasteiger partial charge on any atom is -0.389 e. The molecule has 4 heterocycles. The first kappa shape index (κ1) is 45.4. The average molecular weight is 800 g/mol. The predicted molar refractivity (Wildman–Crippen MR) is 199 cm³/mol. The third-order valence-electron chi connectivity index (χ3n) is 10.9. The molecule has 8 unspecified atom stereocenters. The lowest BCUT2D eigenvalue weighted by Crippen LogP contribution is -2.61. The van der Waals surface area contributed by atoms with E-state index in [2.05, 4.69) is 12.2 Å². The van der Waals surface area contributed by atoms with Gasteiger partial charge in [0.2, 0.25) is 5.91 Å². The Kier molecular flexibility index (Phi) is 17.0. The number of H-pyrrole nitrogens is 1. The molecular formula is C36H61N7O13. The van der Waals surface area contributed by atoms with Gasteiger partial charge in [-0.1, -0.05) is 64.7 Å². The van der Waals surface area contributed by atoms with Crippen molar-refractivity contribution >= 4 is 17.8 Å². The first-order valence-corrected chi connectivity index (χ1v) is 19.6. The minimum absolute atomic E-state index is 0.187. The number of carbonyl (C=O) groups excluding carboxylic acids is 3. The molecular weight excluding hydrogens is 738 g/mol. The molecule has 9 N–H and O–H groups in total. The number of nitrogens with two attached hydrogens (primary N) is 1. The van der Waals surface area contributed by atoms with Gasteiger partial charge in [-0.05, 0) is 13.5 Å². The molecule has 56 heavy (non-hydrogen) atoms. The van der Waals surface area contributed by atoms with E-state index in [9.17, 15) is 49.5 Å². The van der Waals surface area contributed by atoms with Gasteiger partial charge in [0.15, 0.2) is 12.5 Å². The Morgan fingerprint density at radius 3 is 2.16 bits per heavy atom. The Labute approximate surface area is 325 Å². The highest BCUT2D eigenvalue weighted by Crippen LogP contribution is 2.35. The maximum absolute atomic E-state index is 13.7. The van der Waals surface area contributed by atoms with Crippen molar-refractivity contribution in [1.82, 2.24) is 29.6 Å². The zero-order valence-corrected chi connectivity index (χ0v) is 32.6. The van der Waals surface area contributed by atoms with Crippen LogP contribution in [-0.2, 0) is 23.8 Å². The normalized spacial score (nSPS) is 29.7. The van der Waals surface area contributed by atoms with Crippen LogP contribution in [0.3, 0.4) is 0 Å². The van der Waals surface area contributed by atoms with Gasteiger partial charge in [0.1, 0.15) is 54.8 Å². The molecule has 3 fully saturated rings. The van der Waals surface area contributed by atoms with Crippen LogP contribution < -0.4 is 22.3 Å². The quantitative estimate of drug-likeness (QED) is 0.0446. The van der Waals surface area contributed by atoms with Crippen molar-refractivity contribution in [2.24, 2.45) is 5.73 Å². The van der Waals surface area contributed by atoms with Crippen LogP contribution in [0.1, 0.15) is 77.4 Å². The van der Waals surface area contributed by atoms with Gasteiger partial charge in [0, 0.05) is 46.0 Å². The standard InChI is InChI=1S/C36H61N7O13/c1-5-6-7-8-9-10-11-12-13-14-16-42-32(51)23(41(4)36(42)53)20(44)19-40(3)24(31(50)38-2)29(56-34-28(49)25(46)21(18-37)54-34)30-26(47)27(48)33(55-30)43-17-15-22(45)39-35(43)52/h15,17,20-21,23-30,33-34,44,46-49H,5-14,16,18-19,37H2,1-4H3,(H,38,50)(H,39,45,52)/t20-,21?,23-,24-,25?,26?,27?,28?,29-,30?,33?,34?/m0/s1. The summed E-state index contributed by atoms with van der Waals surface area (Å²) < 4.78 is 18.5. The molecule has 0 aromatic carbocycles. The highest BCUT2D eigenvalue weighted by Gasteiger charge is 2.55. The molecule has 3 aliphatic heterocycles. The molecule has 3 saturated heterocycles. The van der Waals surface area contributed by atoms with E-state index in [1.54, 1.807) is 0 Å². The Hall–Kier alpha value is -3.31. The fourth-order valence-corrected chi connectivity index (χ4v) is 7.69. The highest BCUT2D eigenvalue weighted by atomic mass is 16.7. The maximum atomic E-state index is 13.7. The van der Waals surface area contributed by atoms with Crippen molar-refractivity contribution < 1.29 is 54.1 Å². The van der Waals surface area contributed by atoms with Crippen molar-refractivity contribution in [3.8, 4) is 0 Å². The summed E-state index contributed by atoms with van der Waals surface area (Å²) in [5, 5.41) is 57.7. The summed E-state index contributed by atoms with van der Waals surface area (Å²) in [6.07, 6.45) is -4.25. The van der Waals surface area contributed by atoms with Crippen LogP contribution in [0.15, 0.2) is 21.9 Å². The number of hydrogen-bond donors (Lipinski definition) is 8. The smallest absolute Gasteiger partial charge is 0.330 e. The van der Waals surface area contributed by atoms with Crippen LogP contribution in [0.25, 0.3) is 0 Å². The number of aliphatic hydroxyl groups is 5. The lowest BCUT2D eigenvalue weighted by atomic mass is 9.96. The van der Waals surface area contributed by atoms with E-state index in [-0.39, 0.29) is 13.1 Å². The number of rotatable bonds is 22. The SMILES string of the molecule is CCCCCCCCCCCCN1C(=O)[C@H]([C@@H](O)CN(C)[C@H](C(=O)NC)[C@H](OC2OC(CN)C(O)C2O)C2OC(n3ccc(=O)[nH]c3=O)C(O)C2O)N(C)C1=O. The molecule has 3 aliphatic rings. The van der Waals surface area contributed by atoms with Crippen molar-refractivity contribution in [1.29, 1.82) is 0 Å². The third-order valence-corrected chi connectivity index (χ3v) is 10.9. The van der Waals surface area contributed by atoms with Gasteiger partial charge in [0.25, 0.3) is 11.5 Å². The molecule has 0 bridgehead atoms. The molecule has 20 nitrogen and oxygen atoms in total. The maximum Gasteiger partial charge on any atom is 0.330 e. The number of aliphatic hydroxyl groups excluding tert-OH is 5. The summed E-state index contributed by atoms with van der Waals surface area (Å²) in [6.45, 7) is 1.73. The van der Waals surface area contributed by atoms with Gasteiger partial charge in [-0.3, -0.25) is 33.7 Å². The molecule has 0 saturated carbocycles. The minimum atomic E-state index is -1.86. The van der Waals surface area contributed by atoms with E-state index in [1.165, 1.54) is 58.1 Å². The number of nitrogens with zero attached hydrogens (tertiary/aromatic N) is 4. The summed E-state index contributed by atoms with van der Waals surface area (Å²) in [4.78, 5) is 70.4. The number of amides is 4. The molecule has 0 spiro atoms. The van der Waals surface area contributed by atoms with Crippen LogP contribution >= 0.6 is 0 Å². The number of unbranched alkanes of at least 4 members (excludes halogenated alkanes) is 9. The number of aromatic amines is 1. The number of aromatic nitrogens is 2. The molecule has 1 aromatic heterocycles. The molecule has 20 heteroatoms. The summed E-state index contributed by atoms with van der Waals surface area (Å²) >= 11 is 0. The second-order valence-corrected chi connectivity index (χ2v) is 14.9. The zero-order chi connectivity index (χ0) is 41.3. The van der Waals surface area contributed by atoms with Gasteiger partial charge in [0.05, 0.1) is 6.10 Å². The predicted octanol–water partition coefficient (Wildman–Crippen LogP) is -2.46. The van der Waals surface area contributed by atoms with E-state index in [1.807, 2.05) is 4.98 Å². The monoisotopic (exact) mass is 799 g/mol. The van der Waals surface area contributed by atoms with Crippen LogP contribution in [0, 0.1) is 0 Å². The van der Waals surface area contributed by atoms with Crippen LogP contribution in [0.4, 0.5) is 4.79 Å². The Morgan fingerprint density at radius 1 is 0.964 bits per heavy atom. The average Bonchev–Trinajstić information content (AvgIpc) is 3.69. The second-order valence-electron chi connectivity index (χ2n) is 14.9. The van der Waals surface area contributed by atoms with Crippen LogP contribution in [-0.4, -0.2) is 176 Å². The molecule has 318 valence electrons. The number of hydrogen-bond acceptors (Lipinski definition) is 15. The number of ether oxygens (including phenoxy) is 3. The first-order valence-electron chi connectivity index (χ1n) is 19.6. The van der Waals surface area contributed by atoms with Gasteiger partial charge in [-0.25, -0.2) is 9.59 Å². The highest BCUT2D eigenvalue weighted by molar-refractivity contribution is 6.04. The van der Waals surface area contributed by atoms with Crippen LogP contribution in [0.5, 0.6) is 0 Å². The van der Waals surface area contributed by atoms with E-state index in [4.69, 9.17) is 19.9 Å². The first-order chi connectivity index (χ1) is 26.7. The number of imide groups is 1. The zero-order valence-electron chi connectivity index (χ0n) is 32.6. The van der Waals surface area contributed by atoms with Gasteiger partial charge in [-0.15, -0.1) is 0 Å². The summed E-state index contributed by atoms with van der Waals surface area (Å²) in [5.74, 6) is -1.37. The van der Waals surface area contributed by atoms with Crippen molar-refractivity contribution in [2.75, 3.05) is 40.8 Å². The fourth-order valence-electron chi connectivity index (χ4n) is 7.69. The van der Waals surface area contributed by atoms with Gasteiger partial charge >= 0.3 is 11.7 Å². The summed E-state index contributed by atoms with van der Waals surface area (Å²) in [7, 11) is 4.09. The van der Waals surface area contributed by atoms with Gasteiger partial charge in [-0.2, -0.15) is 0 Å². The summed E-state index contributed by atoms with van der Waals surface area (Å²) in [5.41, 5.74) is 3.98. The van der Waals surface area contributed by atoms with E-state index in [0.717, 1.165) is 52.3 Å². The van der Waals surface area contributed by atoms with Gasteiger partial charge < -0.3 is 55.7 Å². The number of likely N-dealkylation sites (N-methyl/N-ethyl adjacent to an activating group) is 3. The second kappa shape index (κ2) is 20.9. The number of carbonyl (C=O) groups is 3. The van der Waals surface area contributed by atoms with E-state index >= 15 is 0 Å². The Balaban J connectivity index is 1.51. The molecule has 1 aromatic rings. The largest absolute Gasteiger partial charge is 0.389 e. The molecule has 12 atom stereocenters. The van der Waals surface area contributed by atoms with Crippen LogP contribution in [0.2, 0.25) is 0 Å². The Bertz CT molecular complexity index is 1560. The molecule has 4 amide bonds. The van der Waals surface area contributed by atoms with E-state index < -0.39 is 109 Å². The fraction of sp³-hybridized carbons (Fsp3) is 0.806. The topological polar surface area (TPSA) is 283 Å². The third kappa shape index (κ3) is 10.4. The van der Waals surface area contributed by atoms with Crippen molar-refractivity contribution in [2.45, 2.75) is 145 Å².